The third-order valence-electron chi connectivity index (χ3n) is 0.780. The van der Waals surface area contributed by atoms with Crippen LogP contribution in [0.1, 0.15) is 13.3 Å². The third kappa shape index (κ3) is 5.44. The standard InChI is InChI=1S/C7H12O/c1-2-3-4-5-6-7-8/h2-3,5-6,8H,4,7H2,1H3/b3-2+,6-5+. The van der Waals surface area contributed by atoms with E-state index in [1.165, 1.54) is 0 Å². The zero-order valence-corrected chi connectivity index (χ0v) is 5.17. The van der Waals surface area contributed by atoms with E-state index < -0.39 is 0 Å². The Balaban J connectivity index is 3.03. The number of rotatable bonds is 3. The summed E-state index contributed by atoms with van der Waals surface area (Å²) in [5, 5.41) is 8.25. The van der Waals surface area contributed by atoms with Crippen molar-refractivity contribution in [3.63, 3.8) is 0 Å². The highest BCUT2D eigenvalue weighted by Gasteiger charge is 1.65. The van der Waals surface area contributed by atoms with E-state index in [2.05, 4.69) is 0 Å². The number of hydrogen-bond acceptors (Lipinski definition) is 1. The highest BCUT2D eigenvalue weighted by Crippen LogP contribution is 1.83. The Labute approximate surface area is 50.3 Å². The van der Waals surface area contributed by atoms with Crippen LogP contribution >= 0.6 is 0 Å². The molecule has 0 heterocycles. The monoisotopic (exact) mass is 112 g/mol. The highest BCUT2D eigenvalue weighted by molar-refractivity contribution is 4.90. The maximum atomic E-state index is 8.25. The van der Waals surface area contributed by atoms with E-state index in [0.717, 1.165) is 6.42 Å². The maximum Gasteiger partial charge on any atom is 0.0612 e. The predicted molar refractivity (Wildman–Crippen MR) is 35.7 cm³/mol. The summed E-state index contributed by atoms with van der Waals surface area (Å²) in [6.45, 7) is 2.13. The molecule has 0 aromatic heterocycles. The minimum Gasteiger partial charge on any atom is -0.392 e. The molecule has 1 N–H and O–H groups in total. The molecule has 0 amide bonds. The van der Waals surface area contributed by atoms with Gasteiger partial charge in [-0.2, -0.15) is 0 Å². The fourth-order valence-electron chi connectivity index (χ4n) is 0.385. The minimum absolute atomic E-state index is 0.150. The zero-order chi connectivity index (χ0) is 6.24. The van der Waals surface area contributed by atoms with Gasteiger partial charge in [0.15, 0.2) is 0 Å². The Morgan fingerprint density at radius 3 is 2.50 bits per heavy atom. The van der Waals surface area contributed by atoms with Crippen molar-refractivity contribution in [1.29, 1.82) is 0 Å². The molecule has 0 aliphatic heterocycles. The van der Waals surface area contributed by atoms with Gasteiger partial charge < -0.3 is 5.11 Å². The molecule has 0 bridgehead atoms. The minimum atomic E-state index is 0.150. The predicted octanol–water partition coefficient (Wildman–Crippen LogP) is 1.50. The van der Waals surface area contributed by atoms with E-state index in [0.29, 0.717) is 0 Å². The van der Waals surface area contributed by atoms with Gasteiger partial charge >= 0.3 is 0 Å². The van der Waals surface area contributed by atoms with Crippen LogP contribution in [-0.2, 0) is 0 Å². The van der Waals surface area contributed by atoms with Crippen LogP contribution in [-0.4, -0.2) is 11.7 Å². The second kappa shape index (κ2) is 6.44. The summed E-state index contributed by atoms with van der Waals surface area (Å²) >= 11 is 0. The van der Waals surface area contributed by atoms with Crippen LogP contribution in [0, 0.1) is 0 Å². The largest absolute Gasteiger partial charge is 0.392 e. The molecule has 1 nitrogen and oxygen atoms in total. The highest BCUT2D eigenvalue weighted by atomic mass is 16.2. The molecule has 0 rings (SSSR count). The Bertz CT molecular complexity index is 82.4. The van der Waals surface area contributed by atoms with Gasteiger partial charge in [-0.3, -0.25) is 0 Å². The van der Waals surface area contributed by atoms with E-state index in [4.69, 9.17) is 5.11 Å². The van der Waals surface area contributed by atoms with Gasteiger partial charge in [-0.1, -0.05) is 24.3 Å². The summed E-state index contributed by atoms with van der Waals surface area (Å²) in [4.78, 5) is 0. The molecule has 0 fully saturated rings. The van der Waals surface area contributed by atoms with Crippen molar-refractivity contribution < 1.29 is 5.11 Å². The third-order valence-corrected chi connectivity index (χ3v) is 0.780. The lowest BCUT2D eigenvalue weighted by molar-refractivity contribution is 0.342. The van der Waals surface area contributed by atoms with Crippen molar-refractivity contribution in [3.05, 3.63) is 24.3 Å². The molecule has 0 unspecified atom stereocenters. The number of allylic oxidation sites excluding steroid dienone is 3. The molecule has 0 aliphatic rings. The summed E-state index contributed by atoms with van der Waals surface area (Å²) in [6, 6.07) is 0. The van der Waals surface area contributed by atoms with Crippen LogP contribution in [0.2, 0.25) is 0 Å². The molecule has 0 saturated heterocycles. The lowest BCUT2D eigenvalue weighted by atomic mass is 10.3. The number of hydrogen-bond donors (Lipinski definition) is 1. The molecule has 0 spiro atoms. The Hall–Kier alpha value is -0.560. The van der Waals surface area contributed by atoms with Crippen molar-refractivity contribution in [3.8, 4) is 0 Å². The summed E-state index contributed by atoms with van der Waals surface area (Å²) in [5.41, 5.74) is 0. The quantitative estimate of drug-likeness (QED) is 0.548. The van der Waals surface area contributed by atoms with E-state index >= 15 is 0 Å². The molecule has 0 aromatic carbocycles. The molecule has 0 aliphatic carbocycles. The van der Waals surface area contributed by atoms with Gasteiger partial charge in [-0.15, -0.1) is 0 Å². The van der Waals surface area contributed by atoms with Crippen molar-refractivity contribution in [2.45, 2.75) is 13.3 Å². The van der Waals surface area contributed by atoms with Crippen LogP contribution in [0.3, 0.4) is 0 Å². The second-order valence-electron chi connectivity index (χ2n) is 1.46. The van der Waals surface area contributed by atoms with Crippen molar-refractivity contribution in [1.82, 2.24) is 0 Å². The smallest absolute Gasteiger partial charge is 0.0612 e. The van der Waals surface area contributed by atoms with Gasteiger partial charge in [0.1, 0.15) is 0 Å². The zero-order valence-electron chi connectivity index (χ0n) is 5.17. The first-order valence-corrected chi connectivity index (χ1v) is 2.78. The number of aliphatic hydroxyl groups excluding tert-OH is 1. The van der Waals surface area contributed by atoms with Gasteiger partial charge in [0.05, 0.1) is 6.61 Å². The van der Waals surface area contributed by atoms with Crippen molar-refractivity contribution in [2.75, 3.05) is 6.61 Å². The summed E-state index contributed by atoms with van der Waals surface area (Å²) in [5.74, 6) is 0. The van der Waals surface area contributed by atoms with Crippen LogP contribution < -0.4 is 0 Å². The van der Waals surface area contributed by atoms with Crippen LogP contribution in [0.25, 0.3) is 0 Å². The number of aliphatic hydroxyl groups is 1. The molecule has 0 saturated carbocycles. The second-order valence-corrected chi connectivity index (χ2v) is 1.46. The first-order valence-electron chi connectivity index (χ1n) is 2.78. The fourth-order valence-corrected chi connectivity index (χ4v) is 0.385. The summed E-state index contributed by atoms with van der Waals surface area (Å²) < 4.78 is 0. The molecule has 8 heavy (non-hydrogen) atoms. The van der Waals surface area contributed by atoms with Gasteiger partial charge in [0.2, 0.25) is 0 Å². The van der Waals surface area contributed by atoms with Gasteiger partial charge in [-0.05, 0) is 13.3 Å². The fraction of sp³-hybridized carbons (Fsp3) is 0.429. The lowest BCUT2D eigenvalue weighted by Crippen LogP contribution is -1.68. The van der Waals surface area contributed by atoms with Crippen molar-refractivity contribution >= 4 is 0 Å². The molecule has 0 atom stereocenters. The Morgan fingerprint density at radius 1 is 1.25 bits per heavy atom. The van der Waals surface area contributed by atoms with E-state index in [1.807, 2.05) is 25.2 Å². The maximum absolute atomic E-state index is 8.25. The van der Waals surface area contributed by atoms with Crippen LogP contribution in [0.4, 0.5) is 0 Å². The molecule has 0 radical (unpaired) electrons. The topological polar surface area (TPSA) is 20.2 Å². The Morgan fingerprint density at radius 2 is 2.00 bits per heavy atom. The van der Waals surface area contributed by atoms with Crippen LogP contribution in [0.5, 0.6) is 0 Å². The first-order chi connectivity index (χ1) is 3.91. The van der Waals surface area contributed by atoms with E-state index in [1.54, 1.807) is 6.08 Å². The van der Waals surface area contributed by atoms with Crippen molar-refractivity contribution in [2.24, 2.45) is 0 Å². The first kappa shape index (κ1) is 7.44. The molecule has 46 valence electrons. The molecule has 0 aromatic rings. The molecule has 1 heteroatoms. The summed E-state index contributed by atoms with van der Waals surface area (Å²) in [7, 11) is 0. The van der Waals surface area contributed by atoms with E-state index in [9.17, 15) is 0 Å². The Kier molecular flexibility index (Phi) is 5.99. The lowest BCUT2D eigenvalue weighted by Gasteiger charge is -1.77. The van der Waals surface area contributed by atoms with Gasteiger partial charge in [0, 0.05) is 0 Å². The average molecular weight is 112 g/mol. The normalized spacial score (nSPS) is 11.8. The van der Waals surface area contributed by atoms with Crippen LogP contribution in [0.15, 0.2) is 24.3 Å². The molecular formula is C7H12O. The average Bonchev–Trinajstić information content (AvgIpc) is 1.81. The van der Waals surface area contributed by atoms with Gasteiger partial charge in [0.25, 0.3) is 0 Å². The van der Waals surface area contributed by atoms with Gasteiger partial charge in [-0.25, -0.2) is 0 Å². The summed E-state index contributed by atoms with van der Waals surface area (Å²) in [6.07, 6.45) is 8.62. The molecular weight excluding hydrogens is 100 g/mol. The van der Waals surface area contributed by atoms with E-state index in [-0.39, 0.29) is 6.61 Å². The SMILES string of the molecule is C/C=C/C/C=C/CO.